The molecule has 0 aliphatic heterocycles. The van der Waals surface area contributed by atoms with Gasteiger partial charge in [0.2, 0.25) is 0 Å². The maximum absolute atomic E-state index is 14.0. The first-order valence-electron chi connectivity index (χ1n) is 11.3. The van der Waals surface area contributed by atoms with E-state index in [1.165, 1.54) is 0 Å². The summed E-state index contributed by atoms with van der Waals surface area (Å²) in [6.45, 7) is 1.90. The molecular weight excluding hydrogens is 426 g/mol. The Morgan fingerprint density at radius 1 is 0.971 bits per heavy atom. The van der Waals surface area contributed by atoms with Crippen molar-refractivity contribution in [2.45, 2.75) is 6.54 Å². The first-order valence-corrected chi connectivity index (χ1v) is 11.3. The summed E-state index contributed by atoms with van der Waals surface area (Å²) < 4.78 is 9.05. The van der Waals surface area contributed by atoms with Crippen molar-refractivity contribution in [2.75, 3.05) is 34.3 Å². The van der Waals surface area contributed by atoms with Crippen LogP contribution < -0.4 is 4.74 Å². The molecule has 34 heavy (non-hydrogen) atoms. The average molecular weight is 458 g/mol. The molecule has 0 N–H and O–H groups in total. The molecule has 2 aromatic heterocycles. The average Bonchev–Trinajstić information content (AvgIpc) is 3.48. The Hall–Kier alpha value is -3.84. The van der Waals surface area contributed by atoms with Crippen molar-refractivity contribution in [3.63, 3.8) is 0 Å². The van der Waals surface area contributed by atoms with Crippen LogP contribution in [0.15, 0.2) is 79.0 Å². The summed E-state index contributed by atoms with van der Waals surface area (Å²) >= 11 is 0. The van der Waals surface area contributed by atoms with Gasteiger partial charge in [-0.15, -0.1) is 0 Å². The molecule has 1 amide bonds. The Labute approximate surface area is 200 Å². The number of likely N-dealkylation sites (N-methyl/N-ethyl adjacent to an activating group) is 1. The molecule has 0 aliphatic carbocycles. The number of aryl methyl sites for hydroxylation is 1. The number of aromatic nitrogens is 3. The lowest BCUT2D eigenvalue weighted by Gasteiger charge is -2.25. The first kappa shape index (κ1) is 23.3. The molecule has 0 fully saturated rings. The number of benzene rings is 2. The highest BCUT2D eigenvalue weighted by molar-refractivity contribution is 5.94. The van der Waals surface area contributed by atoms with Gasteiger partial charge >= 0.3 is 0 Å². The van der Waals surface area contributed by atoms with Crippen molar-refractivity contribution in [3.05, 3.63) is 90.3 Å². The van der Waals surface area contributed by atoms with Crippen LogP contribution in [-0.2, 0) is 13.6 Å². The van der Waals surface area contributed by atoms with Gasteiger partial charge in [-0.1, -0.05) is 30.3 Å². The predicted octanol–water partition coefficient (Wildman–Crippen LogP) is 4.09. The molecule has 2 aromatic carbocycles. The van der Waals surface area contributed by atoms with Crippen LogP contribution in [0.4, 0.5) is 0 Å². The number of methoxy groups -OCH3 is 1. The Morgan fingerprint density at radius 2 is 1.71 bits per heavy atom. The molecule has 4 rings (SSSR count). The van der Waals surface area contributed by atoms with E-state index < -0.39 is 0 Å². The molecule has 0 radical (unpaired) electrons. The second kappa shape index (κ2) is 10.4. The van der Waals surface area contributed by atoms with Gasteiger partial charge in [-0.25, -0.2) is 4.68 Å². The monoisotopic (exact) mass is 457 g/mol. The molecule has 7 nitrogen and oxygen atoms in total. The maximum Gasteiger partial charge on any atom is 0.272 e. The summed E-state index contributed by atoms with van der Waals surface area (Å²) in [5.74, 6) is 0.692. The van der Waals surface area contributed by atoms with Gasteiger partial charge in [0.25, 0.3) is 5.91 Å². The summed E-state index contributed by atoms with van der Waals surface area (Å²) in [4.78, 5) is 17.9. The Balaban J connectivity index is 1.76. The van der Waals surface area contributed by atoms with Crippen molar-refractivity contribution in [1.82, 2.24) is 24.1 Å². The third-order valence-corrected chi connectivity index (χ3v) is 5.77. The number of amides is 1. The highest BCUT2D eigenvalue weighted by atomic mass is 16.5. The molecule has 0 aliphatic rings. The van der Waals surface area contributed by atoms with Crippen LogP contribution >= 0.6 is 0 Å². The standard InChI is InChI=1S/C27H31N5O2/c1-29(2)17-18-31(20-21-9-6-5-7-10-21)27(33)26-19-24(25-11-8-16-30(25)3)28-32(26)22-12-14-23(34-4)15-13-22/h5-16,19H,17-18,20H2,1-4H3. The summed E-state index contributed by atoms with van der Waals surface area (Å²) in [7, 11) is 7.64. The lowest BCUT2D eigenvalue weighted by atomic mass is 10.2. The number of rotatable bonds is 9. The van der Waals surface area contributed by atoms with Crippen LogP contribution in [0.1, 0.15) is 16.1 Å². The van der Waals surface area contributed by atoms with Crippen LogP contribution in [0.25, 0.3) is 17.1 Å². The van der Waals surface area contributed by atoms with Crippen molar-refractivity contribution >= 4 is 5.91 Å². The van der Waals surface area contributed by atoms with E-state index in [4.69, 9.17) is 9.84 Å². The quantitative estimate of drug-likeness (QED) is 0.380. The van der Waals surface area contributed by atoms with Gasteiger partial charge in [0, 0.05) is 32.9 Å². The van der Waals surface area contributed by atoms with E-state index in [1.54, 1.807) is 11.8 Å². The molecule has 0 bridgehead atoms. The zero-order chi connectivity index (χ0) is 24.1. The van der Waals surface area contributed by atoms with E-state index in [1.807, 2.05) is 110 Å². The Kier molecular flexibility index (Phi) is 7.13. The number of hydrogen-bond acceptors (Lipinski definition) is 4. The molecular formula is C27H31N5O2. The number of hydrogen-bond donors (Lipinski definition) is 0. The molecule has 7 heteroatoms. The van der Waals surface area contributed by atoms with Crippen molar-refractivity contribution in [1.29, 1.82) is 0 Å². The van der Waals surface area contributed by atoms with Gasteiger partial charge in [-0.05, 0) is 62.1 Å². The maximum atomic E-state index is 14.0. The van der Waals surface area contributed by atoms with Crippen LogP contribution in [0, 0.1) is 0 Å². The number of carbonyl (C=O) groups is 1. The van der Waals surface area contributed by atoms with E-state index in [9.17, 15) is 4.79 Å². The minimum atomic E-state index is -0.0607. The molecule has 0 unspecified atom stereocenters. The van der Waals surface area contributed by atoms with Gasteiger partial charge in [0.05, 0.1) is 18.5 Å². The smallest absolute Gasteiger partial charge is 0.272 e. The minimum absolute atomic E-state index is 0.0607. The Bertz CT molecular complexity index is 1230. The predicted molar refractivity (Wildman–Crippen MR) is 134 cm³/mol. The number of ether oxygens (including phenoxy) is 1. The second-order valence-corrected chi connectivity index (χ2v) is 8.54. The van der Waals surface area contributed by atoms with E-state index >= 15 is 0 Å². The number of nitrogens with zero attached hydrogens (tertiary/aromatic N) is 5. The largest absolute Gasteiger partial charge is 0.497 e. The summed E-state index contributed by atoms with van der Waals surface area (Å²) in [5, 5.41) is 4.84. The first-order chi connectivity index (χ1) is 16.5. The molecule has 4 aromatic rings. The molecule has 176 valence electrons. The summed E-state index contributed by atoms with van der Waals surface area (Å²) in [6.07, 6.45) is 1.97. The fourth-order valence-corrected chi connectivity index (χ4v) is 3.84. The third-order valence-electron chi connectivity index (χ3n) is 5.77. The highest BCUT2D eigenvalue weighted by Gasteiger charge is 2.24. The summed E-state index contributed by atoms with van der Waals surface area (Å²) in [5.41, 5.74) is 4.11. The van der Waals surface area contributed by atoms with Crippen molar-refractivity contribution in [3.8, 4) is 22.8 Å². The topological polar surface area (TPSA) is 55.5 Å². The van der Waals surface area contributed by atoms with Crippen LogP contribution in [0.3, 0.4) is 0 Å². The van der Waals surface area contributed by atoms with Crippen LogP contribution in [-0.4, -0.2) is 64.3 Å². The highest BCUT2D eigenvalue weighted by Crippen LogP contribution is 2.24. The van der Waals surface area contributed by atoms with E-state index in [2.05, 4.69) is 4.90 Å². The fraction of sp³-hybridized carbons (Fsp3) is 0.259. The Morgan fingerprint density at radius 3 is 2.32 bits per heavy atom. The molecule has 0 atom stereocenters. The molecule has 0 saturated carbocycles. The normalized spacial score (nSPS) is 11.1. The fourth-order valence-electron chi connectivity index (χ4n) is 3.84. The number of carbonyl (C=O) groups excluding carboxylic acids is 1. The summed E-state index contributed by atoms with van der Waals surface area (Å²) in [6, 6.07) is 23.5. The molecule has 0 spiro atoms. The van der Waals surface area contributed by atoms with Crippen molar-refractivity contribution in [2.24, 2.45) is 7.05 Å². The minimum Gasteiger partial charge on any atom is -0.497 e. The zero-order valence-corrected chi connectivity index (χ0v) is 20.2. The lowest BCUT2D eigenvalue weighted by molar-refractivity contribution is 0.0722. The second-order valence-electron chi connectivity index (χ2n) is 8.54. The van der Waals surface area contributed by atoms with Gasteiger partial charge in [0.1, 0.15) is 17.1 Å². The van der Waals surface area contributed by atoms with Crippen LogP contribution in [0.5, 0.6) is 5.75 Å². The van der Waals surface area contributed by atoms with E-state index in [0.717, 1.165) is 34.9 Å². The van der Waals surface area contributed by atoms with Gasteiger partial charge < -0.3 is 19.1 Å². The SMILES string of the molecule is COc1ccc(-n2nc(-c3cccn3C)cc2C(=O)N(CCN(C)C)Cc2ccccc2)cc1. The lowest BCUT2D eigenvalue weighted by Crippen LogP contribution is -2.37. The van der Waals surface area contributed by atoms with Gasteiger partial charge in [-0.2, -0.15) is 5.10 Å². The molecule has 0 saturated heterocycles. The van der Waals surface area contributed by atoms with Gasteiger partial charge in [-0.3, -0.25) is 4.79 Å². The van der Waals surface area contributed by atoms with Crippen molar-refractivity contribution < 1.29 is 9.53 Å². The van der Waals surface area contributed by atoms with E-state index in [-0.39, 0.29) is 5.91 Å². The van der Waals surface area contributed by atoms with E-state index in [0.29, 0.717) is 18.8 Å². The van der Waals surface area contributed by atoms with Crippen LogP contribution in [0.2, 0.25) is 0 Å². The molecule has 2 heterocycles. The zero-order valence-electron chi connectivity index (χ0n) is 20.2. The third kappa shape index (κ3) is 5.21. The van der Waals surface area contributed by atoms with Gasteiger partial charge in [0.15, 0.2) is 0 Å².